The molecular formula is C9H15LiNO3. The summed E-state index contributed by atoms with van der Waals surface area (Å²) in [6.07, 6.45) is 2.03. The molecule has 0 aromatic rings. The quantitative estimate of drug-likeness (QED) is 0.460. The van der Waals surface area contributed by atoms with Crippen molar-refractivity contribution < 1.29 is 14.3 Å². The largest absolute Gasteiger partial charge is 0.449 e. The standard InChI is InChI=1S/C9H15NO3.Li/c11-9(8-1-2-8)13-7-10-3-5-12-6-4-10;/h8H,1-7H2;. The summed E-state index contributed by atoms with van der Waals surface area (Å²) in [7, 11) is 0. The molecule has 0 spiro atoms. The zero-order valence-electron chi connectivity index (χ0n) is 8.70. The number of ether oxygens (including phenoxy) is 2. The second-order valence-corrected chi connectivity index (χ2v) is 3.60. The van der Waals surface area contributed by atoms with E-state index in [-0.39, 0.29) is 30.7 Å². The first kappa shape index (κ1) is 12.1. The Morgan fingerprint density at radius 2 is 2.00 bits per heavy atom. The summed E-state index contributed by atoms with van der Waals surface area (Å²) in [6, 6.07) is 0. The number of carbonyl (C=O) groups excluding carboxylic acids is 1. The van der Waals surface area contributed by atoms with Crippen molar-refractivity contribution in [2.75, 3.05) is 33.0 Å². The van der Waals surface area contributed by atoms with E-state index in [2.05, 4.69) is 4.90 Å². The second kappa shape index (κ2) is 5.77. The van der Waals surface area contributed by atoms with E-state index in [1.165, 1.54) is 0 Å². The van der Waals surface area contributed by atoms with Gasteiger partial charge in [0.25, 0.3) is 0 Å². The molecule has 1 aliphatic carbocycles. The van der Waals surface area contributed by atoms with E-state index in [1.54, 1.807) is 0 Å². The first-order chi connectivity index (χ1) is 6.36. The second-order valence-electron chi connectivity index (χ2n) is 3.60. The molecule has 4 nitrogen and oxygen atoms in total. The Morgan fingerprint density at radius 1 is 1.36 bits per heavy atom. The van der Waals surface area contributed by atoms with Crippen molar-refractivity contribution in [1.82, 2.24) is 4.90 Å². The molecule has 2 aliphatic rings. The van der Waals surface area contributed by atoms with Gasteiger partial charge in [0.1, 0.15) is 6.73 Å². The fraction of sp³-hybridized carbons (Fsp3) is 0.889. The van der Waals surface area contributed by atoms with E-state index < -0.39 is 0 Å². The molecule has 0 amide bonds. The Balaban J connectivity index is 0.000000980. The molecule has 2 rings (SSSR count). The van der Waals surface area contributed by atoms with E-state index in [9.17, 15) is 4.79 Å². The smallest absolute Gasteiger partial charge is 0.310 e. The molecule has 0 bridgehead atoms. The molecule has 5 heteroatoms. The van der Waals surface area contributed by atoms with Crippen molar-refractivity contribution in [3.63, 3.8) is 0 Å². The van der Waals surface area contributed by atoms with Gasteiger partial charge in [0, 0.05) is 32.0 Å². The Hall–Kier alpha value is -0.0126. The Kier molecular flexibility index (Phi) is 4.97. The van der Waals surface area contributed by atoms with Gasteiger partial charge in [0.05, 0.1) is 19.1 Å². The predicted molar refractivity (Wildman–Crippen MR) is 51.8 cm³/mol. The SMILES string of the molecule is O=C(OCN1CCOCC1)C1CC1.[Li]. The van der Waals surface area contributed by atoms with Gasteiger partial charge in [-0.3, -0.25) is 9.69 Å². The third-order valence-corrected chi connectivity index (χ3v) is 2.40. The van der Waals surface area contributed by atoms with Crippen molar-refractivity contribution >= 4 is 24.8 Å². The van der Waals surface area contributed by atoms with Gasteiger partial charge in [-0.05, 0) is 12.8 Å². The fourth-order valence-electron chi connectivity index (χ4n) is 1.32. The van der Waals surface area contributed by atoms with E-state index >= 15 is 0 Å². The van der Waals surface area contributed by atoms with Gasteiger partial charge in [-0.1, -0.05) is 0 Å². The average Bonchev–Trinajstić information content (AvgIpc) is 2.99. The summed E-state index contributed by atoms with van der Waals surface area (Å²) < 4.78 is 10.3. The predicted octanol–water partition coefficient (Wildman–Crippen LogP) is -0.152. The number of nitrogens with zero attached hydrogens (tertiary/aromatic N) is 1. The first-order valence-electron chi connectivity index (χ1n) is 4.83. The molecule has 1 saturated heterocycles. The molecule has 1 saturated carbocycles. The molecule has 75 valence electrons. The average molecular weight is 192 g/mol. The Morgan fingerprint density at radius 3 is 2.57 bits per heavy atom. The Bertz CT molecular complexity index is 190. The van der Waals surface area contributed by atoms with Gasteiger partial charge in [0.15, 0.2) is 0 Å². The monoisotopic (exact) mass is 192 g/mol. The minimum atomic E-state index is -0.0218. The molecule has 0 aromatic heterocycles. The van der Waals surface area contributed by atoms with Crippen molar-refractivity contribution in [2.45, 2.75) is 12.8 Å². The van der Waals surface area contributed by atoms with E-state index in [0.29, 0.717) is 6.73 Å². The van der Waals surface area contributed by atoms with Crippen LogP contribution < -0.4 is 0 Å². The van der Waals surface area contributed by atoms with Crippen LogP contribution in [0.1, 0.15) is 12.8 Å². The maximum atomic E-state index is 11.2. The van der Waals surface area contributed by atoms with Gasteiger partial charge in [-0.2, -0.15) is 0 Å². The number of carbonyl (C=O) groups is 1. The van der Waals surface area contributed by atoms with Crippen molar-refractivity contribution in [1.29, 1.82) is 0 Å². The third-order valence-electron chi connectivity index (χ3n) is 2.40. The molecule has 0 aromatic carbocycles. The van der Waals surface area contributed by atoms with Gasteiger partial charge in [0.2, 0.25) is 0 Å². The van der Waals surface area contributed by atoms with Gasteiger partial charge in [-0.15, -0.1) is 0 Å². The molecular weight excluding hydrogens is 177 g/mol. The van der Waals surface area contributed by atoms with E-state index in [1.807, 2.05) is 0 Å². The summed E-state index contributed by atoms with van der Waals surface area (Å²) in [4.78, 5) is 13.3. The van der Waals surface area contributed by atoms with Crippen LogP contribution in [0.25, 0.3) is 0 Å². The summed E-state index contributed by atoms with van der Waals surface area (Å²) in [5.74, 6) is 0.188. The van der Waals surface area contributed by atoms with E-state index in [4.69, 9.17) is 9.47 Å². The van der Waals surface area contributed by atoms with Crippen molar-refractivity contribution in [3.8, 4) is 0 Å². The minimum Gasteiger partial charge on any atom is -0.449 e. The normalized spacial score (nSPS) is 22.6. The van der Waals surface area contributed by atoms with Crippen LogP contribution in [0.4, 0.5) is 0 Å². The number of esters is 1. The molecule has 0 N–H and O–H groups in total. The molecule has 1 aliphatic heterocycles. The maximum absolute atomic E-state index is 11.2. The first-order valence-corrected chi connectivity index (χ1v) is 4.83. The molecule has 0 unspecified atom stereocenters. The Labute approximate surface area is 96.1 Å². The van der Waals surface area contributed by atoms with Gasteiger partial charge < -0.3 is 9.47 Å². The molecule has 2 fully saturated rings. The topological polar surface area (TPSA) is 38.8 Å². The van der Waals surface area contributed by atoms with Crippen molar-refractivity contribution in [3.05, 3.63) is 0 Å². The number of hydrogen-bond acceptors (Lipinski definition) is 4. The molecule has 14 heavy (non-hydrogen) atoms. The van der Waals surface area contributed by atoms with Crippen LogP contribution in [0.5, 0.6) is 0 Å². The maximum Gasteiger partial charge on any atom is 0.310 e. The van der Waals surface area contributed by atoms with Crippen LogP contribution in [-0.4, -0.2) is 62.8 Å². The number of morpholine rings is 1. The van der Waals surface area contributed by atoms with Crippen LogP contribution in [0, 0.1) is 5.92 Å². The fourth-order valence-corrected chi connectivity index (χ4v) is 1.32. The molecule has 1 heterocycles. The van der Waals surface area contributed by atoms with Crippen LogP contribution in [-0.2, 0) is 14.3 Å². The van der Waals surface area contributed by atoms with Gasteiger partial charge in [-0.25, -0.2) is 0 Å². The van der Waals surface area contributed by atoms with Crippen LogP contribution in [0.15, 0.2) is 0 Å². The number of rotatable bonds is 3. The number of hydrogen-bond donors (Lipinski definition) is 0. The zero-order valence-corrected chi connectivity index (χ0v) is 8.70. The third kappa shape index (κ3) is 3.62. The zero-order chi connectivity index (χ0) is 9.10. The van der Waals surface area contributed by atoms with Crippen LogP contribution >= 0.6 is 0 Å². The minimum absolute atomic E-state index is 0. The van der Waals surface area contributed by atoms with Crippen LogP contribution in [0.3, 0.4) is 0 Å². The van der Waals surface area contributed by atoms with Crippen molar-refractivity contribution in [2.24, 2.45) is 5.92 Å². The summed E-state index contributed by atoms with van der Waals surface area (Å²) >= 11 is 0. The summed E-state index contributed by atoms with van der Waals surface area (Å²) in [5, 5.41) is 0. The van der Waals surface area contributed by atoms with E-state index in [0.717, 1.165) is 39.1 Å². The molecule has 1 radical (unpaired) electrons. The summed E-state index contributed by atoms with van der Waals surface area (Å²) in [6.45, 7) is 3.69. The summed E-state index contributed by atoms with van der Waals surface area (Å²) in [5.41, 5.74) is 0. The van der Waals surface area contributed by atoms with Gasteiger partial charge >= 0.3 is 5.97 Å². The van der Waals surface area contributed by atoms with Crippen LogP contribution in [0.2, 0.25) is 0 Å². The molecule has 0 atom stereocenters.